The molecule has 1 aliphatic heterocycles. The molecular weight excluding hydrogens is 480 g/mol. The summed E-state index contributed by atoms with van der Waals surface area (Å²) in [4.78, 5) is 16.9. The molecule has 0 bridgehead atoms. The zero-order valence-electron chi connectivity index (χ0n) is 20.8. The summed E-state index contributed by atoms with van der Waals surface area (Å²) >= 11 is 0. The first-order valence-electron chi connectivity index (χ1n) is 12.1. The molecule has 36 heavy (non-hydrogen) atoms. The van der Waals surface area contributed by atoms with Crippen LogP contribution in [0, 0.1) is 5.92 Å². The Morgan fingerprint density at radius 3 is 2.39 bits per heavy atom. The quantitative estimate of drug-likeness (QED) is 0.456. The van der Waals surface area contributed by atoms with Gasteiger partial charge in [-0.05, 0) is 60.7 Å². The number of nitrogens with zero attached hydrogens (tertiary/aromatic N) is 3. The van der Waals surface area contributed by atoms with Crippen molar-refractivity contribution in [3.05, 3.63) is 65.8 Å². The summed E-state index contributed by atoms with van der Waals surface area (Å²) in [6.45, 7) is 7.02. The first-order chi connectivity index (χ1) is 17.2. The first kappa shape index (κ1) is 25.8. The lowest BCUT2D eigenvalue weighted by molar-refractivity contribution is -0.118. The highest BCUT2D eigenvalue weighted by Crippen LogP contribution is 2.25. The highest BCUT2D eigenvalue weighted by Gasteiger charge is 2.28. The number of amides is 1. The van der Waals surface area contributed by atoms with Crippen molar-refractivity contribution in [2.45, 2.75) is 50.8 Å². The molecule has 0 saturated carbocycles. The van der Waals surface area contributed by atoms with Crippen molar-refractivity contribution < 1.29 is 22.5 Å². The second-order valence-corrected chi connectivity index (χ2v) is 11.4. The standard InChI is InChI=1S/C26H32N4O5S/c1-18(2)26-28-24(29-35-26)16-20-4-6-21(7-5-20)27-25(31)17-34-22-8-10-23(11-9-22)36(32,33)30-14-12-19(3)13-15-30/h4-11,18-19H,12-17H2,1-3H3,(H,27,31). The molecule has 1 N–H and O–H groups in total. The fraction of sp³-hybridized carbons (Fsp3) is 0.423. The molecule has 192 valence electrons. The minimum absolute atomic E-state index is 0.181. The summed E-state index contributed by atoms with van der Waals surface area (Å²) in [5.41, 5.74) is 1.63. The third kappa shape index (κ3) is 6.50. The van der Waals surface area contributed by atoms with E-state index in [-0.39, 0.29) is 23.3 Å². The Balaban J connectivity index is 1.26. The zero-order chi connectivity index (χ0) is 25.7. The third-order valence-corrected chi connectivity index (χ3v) is 8.06. The van der Waals surface area contributed by atoms with Crippen LogP contribution >= 0.6 is 0 Å². The van der Waals surface area contributed by atoms with Crippen LogP contribution in [0.25, 0.3) is 0 Å². The molecule has 1 aliphatic rings. The molecule has 2 aromatic carbocycles. The number of benzene rings is 2. The molecule has 10 heteroatoms. The van der Waals surface area contributed by atoms with Crippen LogP contribution in [-0.4, -0.2) is 48.5 Å². The molecule has 0 radical (unpaired) electrons. The molecule has 9 nitrogen and oxygen atoms in total. The molecule has 2 heterocycles. The number of hydrogen-bond donors (Lipinski definition) is 1. The van der Waals surface area contributed by atoms with Crippen LogP contribution in [0.5, 0.6) is 5.75 Å². The minimum atomic E-state index is -3.52. The molecule has 1 amide bonds. The minimum Gasteiger partial charge on any atom is -0.484 e. The molecule has 4 rings (SSSR count). The maximum Gasteiger partial charge on any atom is 0.262 e. The Morgan fingerprint density at radius 1 is 1.11 bits per heavy atom. The summed E-state index contributed by atoms with van der Waals surface area (Å²) in [6, 6.07) is 13.6. The van der Waals surface area contributed by atoms with Gasteiger partial charge in [0.1, 0.15) is 5.75 Å². The molecule has 3 aromatic rings. The van der Waals surface area contributed by atoms with Gasteiger partial charge in [0.05, 0.1) is 4.90 Å². The normalized spacial score (nSPS) is 15.2. The van der Waals surface area contributed by atoms with Crippen LogP contribution in [0.3, 0.4) is 0 Å². The fourth-order valence-electron chi connectivity index (χ4n) is 3.89. The maximum atomic E-state index is 12.8. The van der Waals surface area contributed by atoms with Gasteiger partial charge in [0.25, 0.3) is 5.91 Å². The molecule has 1 saturated heterocycles. The van der Waals surface area contributed by atoms with E-state index in [1.807, 2.05) is 26.0 Å². The van der Waals surface area contributed by atoms with Gasteiger partial charge in [-0.25, -0.2) is 8.42 Å². The van der Waals surface area contributed by atoms with E-state index in [9.17, 15) is 13.2 Å². The Hall–Kier alpha value is -3.24. The van der Waals surface area contributed by atoms with Crippen LogP contribution in [-0.2, 0) is 21.2 Å². The second kappa shape index (κ2) is 11.2. The number of carbonyl (C=O) groups excluding carboxylic acids is 1. The highest BCUT2D eigenvalue weighted by atomic mass is 32.2. The van der Waals surface area contributed by atoms with Crippen molar-refractivity contribution in [1.29, 1.82) is 0 Å². The number of rotatable bonds is 9. The lowest BCUT2D eigenvalue weighted by Crippen LogP contribution is -2.37. The van der Waals surface area contributed by atoms with Gasteiger partial charge >= 0.3 is 0 Å². The van der Waals surface area contributed by atoms with E-state index in [0.717, 1.165) is 18.4 Å². The van der Waals surface area contributed by atoms with Crippen LogP contribution in [0.2, 0.25) is 0 Å². The summed E-state index contributed by atoms with van der Waals surface area (Å²) in [5.74, 6) is 2.07. The molecule has 0 unspecified atom stereocenters. The van der Waals surface area contributed by atoms with E-state index >= 15 is 0 Å². The van der Waals surface area contributed by atoms with E-state index in [1.54, 1.807) is 24.3 Å². The number of carbonyl (C=O) groups is 1. The largest absolute Gasteiger partial charge is 0.484 e. The maximum absolute atomic E-state index is 12.8. The van der Waals surface area contributed by atoms with Gasteiger partial charge in [0.15, 0.2) is 12.4 Å². The number of nitrogens with one attached hydrogen (secondary N) is 1. The summed E-state index contributed by atoms with van der Waals surface area (Å²) < 4.78 is 38.0. The van der Waals surface area contributed by atoms with Gasteiger partial charge in [0, 0.05) is 31.1 Å². The van der Waals surface area contributed by atoms with Crippen molar-refractivity contribution in [2.75, 3.05) is 25.0 Å². The van der Waals surface area contributed by atoms with Crippen molar-refractivity contribution >= 4 is 21.6 Å². The van der Waals surface area contributed by atoms with Gasteiger partial charge < -0.3 is 14.6 Å². The lowest BCUT2D eigenvalue weighted by Gasteiger charge is -2.29. The fourth-order valence-corrected chi connectivity index (χ4v) is 5.36. The number of piperidine rings is 1. The Labute approximate surface area is 211 Å². The third-order valence-electron chi connectivity index (χ3n) is 6.15. The van der Waals surface area contributed by atoms with E-state index < -0.39 is 10.0 Å². The van der Waals surface area contributed by atoms with Crippen LogP contribution in [0.15, 0.2) is 57.9 Å². The Kier molecular flexibility index (Phi) is 8.05. The Morgan fingerprint density at radius 2 is 1.78 bits per heavy atom. The van der Waals surface area contributed by atoms with Gasteiger partial charge in [-0.3, -0.25) is 4.79 Å². The number of sulfonamides is 1. The SMILES string of the molecule is CC1CCN(S(=O)(=O)c2ccc(OCC(=O)Nc3ccc(Cc4noc(C(C)C)n4)cc3)cc2)CC1. The van der Waals surface area contributed by atoms with Gasteiger partial charge in [-0.2, -0.15) is 9.29 Å². The van der Waals surface area contributed by atoms with Gasteiger partial charge in [-0.1, -0.05) is 38.1 Å². The summed E-state index contributed by atoms with van der Waals surface area (Å²) in [5, 5.41) is 6.78. The van der Waals surface area contributed by atoms with Crippen LogP contribution in [0.4, 0.5) is 5.69 Å². The van der Waals surface area contributed by atoms with Crippen molar-refractivity contribution in [3.63, 3.8) is 0 Å². The van der Waals surface area contributed by atoms with Crippen molar-refractivity contribution in [1.82, 2.24) is 14.4 Å². The number of aromatic nitrogens is 2. The summed E-state index contributed by atoms with van der Waals surface area (Å²) in [7, 11) is -3.52. The molecule has 0 spiro atoms. The smallest absolute Gasteiger partial charge is 0.262 e. The molecular formula is C26H32N4O5S. The van der Waals surface area contributed by atoms with E-state index in [1.165, 1.54) is 16.4 Å². The molecule has 0 aliphatic carbocycles. The van der Waals surface area contributed by atoms with Crippen LogP contribution in [0.1, 0.15) is 56.8 Å². The lowest BCUT2D eigenvalue weighted by atomic mass is 10.0. The predicted octanol–water partition coefficient (Wildman–Crippen LogP) is 4.22. The average Bonchev–Trinajstić information content (AvgIpc) is 3.33. The molecule has 1 aromatic heterocycles. The van der Waals surface area contributed by atoms with Crippen molar-refractivity contribution in [3.8, 4) is 5.75 Å². The van der Waals surface area contributed by atoms with Crippen molar-refractivity contribution in [2.24, 2.45) is 5.92 Å². The second-order valence-electron chi connectivity index (χ2n) is 9.47. The first-order valence-corrected chi connectivity index (χ1v) is 13.6. The topological polar surface area (TPSA) is 115 Å². The molecule has 0 atom stereocenters. The number of ether oxygens (including phenoxy) is 1. The average molecular weight is 513 g/mol. The summed E-state index contributed by atoms with van der Waals surface area (Å²) in [6.07, 6.45) is 2.28. The zero-order valence-corrected chi connectivity index (χ0v) is 21.6. The highest BCUT2D eigenvalue weighted by molar-refractivity contribution is 7.89. The predicted molar refractivity (Wildman–Crippen MR) is 135 cm³/mol. The Bertz CT molecular complexity index is 1260. The van der Waals surface area contributed by atoms with E-state index in [2.05, 4.69) is 22.4 Å². The van der Waals surface area contributed by atoms with Crippen LogP contribution < -0.4 is 10.1 Å². The van der Waals surface area contributed by atoms with E-state index in [4.69, 9.17) is 9.26 Å². The van der Waals surface area contributed by atoms with Gasteiger partial charge in [-0.15, -0.1) is 0 Å². The van der Waals surface area contributed by atoms with Gasteiger partial charge in [0.2, 0.25) is 15.9 Å². The number of anilines is 1. The van der Waals surface area contributed by atoms with E-state index in [0.29, 0.717) is 48.6 Å². The molecule has 1 fully saturated rings. The number of hydrogen-bond acceptors (Lipinski definition) is 7. The monoisotopic (exact) mass is 512 g/mol.